The number of hydrogen-bond donors (Lipinski definition) is 0. The zero-order valence-corrected chi connectivity index (χ0v) is 28.7. The van der Waals surface area contributed by atoms with Gasteiger partial charge in [0, 0.05) is 22.9 Å². The molecule has 2 aliphatic rings. The van der Waals surface area contributed by atoms with Crippen LogP contribution in [-0.2, 0) is 23.4 Å². The van der Waals surface area contributed by atoms with Crippen LogP contribution in [0.2, 0.25) is 5.04 Å². The van der Waals surface area contributed by atoms with Crippen molar-refractivity contribution >= 4 is 35.8 Å². The third-order valence-electron chi connectivity index (χ3n) is 8.23. The van der Waals surface area contributed by atoms with E-state index in [1.54, 1.807) is 25.4 Å². The molecule has 10 nitrogen and oxygen atoms in total. The monoisotopic (exact) mass is 650 g/mol. The highest BCUT2D eigenvalue weighted by Crippen LogP contribution is 2.42. The molecule has 0 spiro atoms. The fraction of sp³-hybridized carbons (Fsp3) is 0.515. The summed E-state index contributed by atoms with van der Waals surface area (Å²) in [6, 6.07) is 20.0. The van der Waals surface area contributed by atoms with Gasteiger partial charge in [-0.1, -0.05) is 86.5 Å². The summed E-state index contributed by atoms with van der Waals surface area (Å²) in [5.74, 6) is -2.37. The average molecular weight is 651 g/mol. The molecule has 1 aromatic heterocycles. The molecule has 5 rings (SSSR count). The maximum Gasteiger partial charge on any atom is 0.261 e. The maximum atomic E-state index is 13.1. The van der Waals surface area contributed by atoms with E-state index < -0.39 is 50.3 Å². The second kappa shape index (κ2) is 13.1. The van der Waals surface area contributed by atoms with E-state index in [4.69, 9.17) is 23.4 Å². The third-order valence-corrected chi connectivity index (χ3v) is 14.1. The number of aromatic nitrogens is 1. The highest BCUT2D eigenvalue weighted by Gasteiger charge is 2.57. The molecule has 45 heavy (non-hydrogen) atoms. The van der Waals surface area contributed by atoms with Crippen molar-refractivity contribution in [2.24, 2.45) is 5.11 Å². The first kappa shape index (κ1) is 33.4. The number of fused-ring (bicyclic) bond motifs is 1. The molecular formula is C33H42N4O6SSi. The number of hydrogen-bond acceptors (Lipinski definition) is 9. The summed E-state index contributed by atoms with van der Waals surface area (Å²) < 4.78 is 33.2. The quantitative estimate of drug-likeness (QED) is 0.0865. The van der Waals surface area contributed by atoms with Crippen molar-refractivity contribution in [2.75, 3.05) is 6.61 Å². The molecule has 2 saturated heterocycles. The lowest BCUT2D eigenvalue weighted by atomic mass is 9.91. The van der Waals surface area contributed by atoms with Crippen LogP contribution < -0.4 is 10.4 Å². The number of ether oxygens (including phenoxy) is 4. The molecule has 0 amide bonds. The van der Waals surface area contributed by atoms with Gasteiger partial charge in [0.15, 0.2) is 22.4 Å². The number of benzene rings is 2. The molecule has 5 atom stereocenters. The van der Waals surface area contributed by atoms with Gasteiger partial charge in [-0.25, -0.2) is 4.98 Å². The first-order chi connectivity index (χ1) is 21.3. The molecule has 2 fully saturated rings. The average Bonchev–Trinajstić information content (AvgIpc) is 3.53. The molecule has 12 heteroatoms. The minimum atomic E-state index is -2.90. The van der Waals surface area contributed by atoms with Crippen LogP contribution in [0.5, 0.6) is 0 Å². The van der Waals surface area contributed by atoms with E-state index in [-0.39, 0.29) is 23.8 Å². The number of Topliss-reactive ketones (excluding diaryl/α,β-unsaturated/α-hetero) is 1. The predicted octanol–water partition coefficient (Wildman–Crippen LogP) is 6.01. The Balaban J connectivity index is 1.51. The zero-order chi connectivity index (χ0) is 32.5. The summed E-state index contributed by atoms with van der Waals surface area (Å²) in [7, 11) is -2.90. The van der Waals surface area contributed by atoms with Crippen LogP contribution in [0.25, 0.3) is 10.4 Å². The summed E-state index contributed by atoms with van der Waals surface area (Å²) in [5.41, 5.74) is 9.52. The van der Waals surface area contributed by atoms with Gasteiger partial charge in [0.1, 0.15) is 18.3 Å². The second-order valence-electron chi connectivity index (χ2n) is 13.4. The topological polar surface area (TPSA) is 125 Å². The highest BCUT2D eigenvalue weighted by atomic mass is 32.1. The van der Waals surface area contributed by atoms with Gasteiger partial charge >= 0.3 is 0 Å². The molecule has 3 heterocycles. The standard InChI is InChI=1S/C33H42N4O6SSi/c1-31(2,3)45(22-14-10-8-11-15-22,23-16-12-9-13-17-23)39-21-26-28-29(43-32(4,5)40-26)27(41-33(6,7)42-28)24(36-37-34)20-25(38)30-35-18-19-44-30/h8-19,24,26-29H,20-21H2,1-7H3/t24-,26-,27-,28-,29-/m1/s1. The van der Waals surface area contributed by atoms with Gasteiger partial charge < -0.3 is 23.4 Å². The summed E-state index contributed by atoms with van der Waals surface area (Å²) >= 11 is 1.24. The van der Waals surface area contributed by atoms with Crippen molar-refractivity contribution in [1.29, 1.82) is 0 Å². The van der Waals surface area contributed by atoms with Crippen LogP contribution >= 0.6 is 11.3 Å². The summed E-state index contributed by atoms with van der Waals surface area (Å²) in [6.45, 7) is 14.2. The zero-order valence-electron chi connectivity index (χ0n) is 26.9. The predicted molar refractivity (Wildman–Crippen MR) is 175 cm³/mol. The summed E-state index contributed by atoms with van der Waals surface area (Å²) in [4.78, 5) is 20.3. The number of azide groups is 1. The van der Waals surface area contributed by atoms with Crippen molar-refractivity contribution < 1.29 is 28.2 Å². The second-order valence-corrected chi connectivity index (χ2v) is 18.6. The third kappa shape index (κ3) is 7.08. The van der Waals surface area contributed by atoms with E-state index in [2.05, 4.69) is 84.3 Å². The van der Waals surface area contributed by atoms with E-state index >= 15 is 0 Å². The molecule has 2 aliphatic heterocycles. The van der Waals surface area contributed by atoms with Crippen LogP contribution in [0.15, 0.2) is 77.4 Å². The number of carbonyl (C=O) groups excluding carboxylic acids is 1. The lowest BCUT2D eigenvalue weighted by molar-refractivity contribution is -0.426. The molecule has 0 radical (unpaired) electrons. The molecule has 0 saturated carbocycles. The lowest BCUT2D eigenvalue weighted by Crippen LogP contribution is -2.70. The van der Waals surface area contributed by atoms with E-state index in [9.17, 15) is 10.3 Å². The normalized spacial score (nSPS) is 25.0. The molecule has 0 unspecified atom stereocenters. The van der Waals surface area contributed by atoms with Crippen LogP contribution in [0.3, 0.4) is 0 Å². The van der Waals surface area contributed by atoms with Crippen LogP contribution in [0.1, 0.15) is 64.7 Å². The first-order valence-electron chi connectivity index (χ1n) is 15.2. The number of thiazole rings is 1. The van der Waals surface area contributed by atoms with Gasteiger partial charge in [-0.05, 0) is 48.6 Å². The Morgan fingerprint density at radius 2 is 1.56 bits per heavy atom. The number of ketones is 1. The molecule has 0 aliphatic carbocycles. The number of carbonyl (C=O) groups is 1. The van der Waals surface area contributed by atoms with Gasteiger partial charge in [-0.3, -0.25) is 4.79 Å². The van der Waals surface area contributed by atoms with Crippen LogP contribution in [0, 0.1) is 0 Å². The molecular weight excluding hydrogens is 609 g/mol. The molecule has 3 aromatic rings. The number of nitrogens with zero attached hydrogens (tertiary/aromatic N) is 4. The van der Waals surface area contributed by atoms with Crippen molar-refractivity contribution in [3.8, 4) is 0 Å². The fourth-order valence-electron chi connectivity index (χ4n) is 6.54. The summed E-state index contributed by atoms with van der Waals surface area (Å²) in [6.07, 6.45) is -1.23. The Morgan fingerprint density at radius 1 is 0.978 bits per heavy atom. The lowest BCUT2D eigenvalue weighted by Gasteiger charge is -2.55. The van der Waals surface area contributed by atoms with Crippen LogP contribution in [0.4, 0.5) is 0 Å². The largest absolute Gasteiger partial charge is 0.405 e. The fourth-order valence-corrected chi connectivity index (χ4v) is 11.7. The van der Waals surface area contributed by atoms with E-state index in [0.717, 1.165) is 10.4 Å². The first-order valence-corrected chi connectivity index (χ1v) is 18.0. The molecule has 2 aromatic carbocycles. The van der Waals surface area contributed by atoms with E-state index in [0.29, 0.717) is 5.01 Å². The van der Waals surface area contributed by atoms with Crippen molar-refractivity contribution in [3.05, 3.63) is 87.7 Å². The Labute approximate surface area is 269 Å². The SMILES string of the molecule is CC1(C)O[C@H]([C@@H](CC(=O)c2nccs2)N=[N+]=[N-])[C@H]2OC(C)(C)O[C@H](CO[Si](c3ccccc3)(c3ccccc3)C(C)(C)C)[C@H]2O1. The van der Waals surface area contributed by atoms with Crippen molar-refractivity contribution in [3.63, 3.8) is 0 Å². The van der Waals surface area contributed by atoms with Gasteiger partial charge in [-0.15, -0.1) is 11.3 Å². The Kier molecular flexibility index (Phi) is 9.70. The minimum absolute atomic E-state index is 0.0879. The van der Waals surface area contributed by atoms with Gasteiger partial charge in [0.2, 0.25) is 0 Å². The van der Waals surface area contributed by atoms with E-state index in [1.165, 1.54) is 11.3 Å². The Bertz CT molecular complexity index is 1450. The molecule has 240 valence electrons. The van der Waals surface area contributed by atoms with Gasteiger partial charge in [-0.2, -0.15) is 0 Å². The van der Waals surface area contributed by atoms with Crippen LogP contribution in [-0.4, -0.2) is 67.7 Å². The molecule has 0 N–H and O–H groups in total. The smallest absolute Gasteiger partial charge is 0.261 e. The Morgan fingerprint density at radius 3 is 2.09 bits per heavy atom. The number of rotatable bonds is 10. The maximum absolute atomic E-state index is 13.1. The Hall–Kier alpha value is -2.93. The molecule has 0 bridgehead atoms. The summed E-state index contributed by atoms with van der Waals surface area (Å²) in [5, 5.41) is 8.19. The van der Waals surface area contributed by atoms with Gasteiger partial charge in [0.25, 0.3) is 8.32 Å². The van der Waals surface area contributed by atoms with Crippen molar-refractivity contribution in [1.82, 2.24) is 4.98 Å². The van der Waals surface area contributed by atoms with Gasteiger partial charge in [0.05, 0.1) is 18.8 Å². The van der Waals surface area contributed by atoms with Crippen molar-refractivity contribution in [2.45, 2.75) is 102 Å². The minimum Gasteiger partial charge on any atom is -0.405 e. The van der Waals surface area contributed by atoms with E-state index in [1.807, 2.05) is 26.0 Å². The highest BCUT2D eigenvalue weighted by molar-refractivity contribution is 7.11.